The molecule has 0 aliphatic rings. The Bertz CT molecular complexity index is 432. The van der Waals surface area contributed by atoms with Crippen molar-refractivity contribution in [2.75, 3.05) is 19.5 Å². The molecule has 0 heterocycles. The van der Waals surface area contributed by atoms with Crippen LogP contribution in [0.4, 0.5) is 0 Å². The lowest BCUT2D eigenvalue weighted by atomic mass is 10.1. The summed E-state index contributed by atoms with van der Waals surface area (Å²) in [4.78, 5) is 0. The number of hydrogen-bond acceptors (Lipinski definition) is 3. The Hall–Kier alpha value is -1.11. The second-order valence-electron chi connectivity index (χ2n) is 4.20. The molecule has 104 valence electrons. The molecule has 3 heteroatoms. The smallest absolute Gasteiger partial charge is 0.119 e. The summed E-state index contributed by atoms with van der Waals surface area (Å²) in [6, 6.07) is 5.99. The molecule has 0 fully saturated rings. The number of aliphatic hydroxyl groups is 1. The Morgan fingerprint density at radius 1 is 1.37 bits per heavy atom. The number of benzene rings is 1. The van der Waals surface area contributed by atoms with E-state index in [0.29, 0.717) is 6.42 Å². The van der Waals surface area contributed by atoms with Gasteiger partial charge in [-0.25, -0.2) is 0 Å². The van der Waals surface area contributed by atoms with Crippen LogP contribution >= 0.6 is 11.8 Å². The molecule has 0 bridgehead atoms. The third-order valence-electron chi connectivity index (χ3n) is 2.67. The molecule has 0 saturated carbocycles. The summed E-state index contributed by atoms with van der Waals surface area (Å²) in [5.74, 6) is 9.12. The van der Waals surface area contributed by atoms with Crippen LogP contribution in [0.5, 0.6) is 5.75 Å². The van der Waals surface area contributed by atoms with E-state index in [-0.39, 0.29) is 6.61 Å². The molecule has 19 heavy (non-hydrogen) atoms. The van der Waals surface area contributed by atoms with Crippen LogP contribution < -0.4 is 4.74 Å². The van der Waals surface area contributed by atoms with Crippen molar-refractivity contribution in [2.45, 2.75) is 31.9 Å². The highest BCUT2D eigenvalue weighted by atomic mass is 32.2. The Morgan fingerprint density at radius 2 is 2.21 bits per heavy atom. The fourth-order valence-corrected chi connectivity index (χ4v) is 2.68. The van der Waals surface area contributed by atoms with E-state index in [9.17, 15) is 0 Å². The topological polar surface area (TPSA) is 29.5 Å². The van der Waals surface area contributed by atoms with Gasteiger partial charge in [-0.1, -0.05) is 25.2 Å². The second kappa shape index (κ2) is 9.77. The molecule has 0 unspecified atom stereocenters. The van der Waals surface area contributed by atoms with E-state index < -0.39 is 0 Å². The molecule has 0 spiro atoms. The van der Waals surface area contributed by atoms with Crippen LogP contribution in [0.2, 0.25) is 0 Å². The van der Waals surface area contributed by atoms with Crippen LogP contribution in [0, 0.1) is 11.8 Å². The average molecular weight is 278 g/mol. The fraction of sp³-hybridized carbons (Fsp3) is 0.500. The third kappa shape index (κ3) is 6.04. The molecule has 1 aromatic carbocycles. The molecule has 2 nitrogen and oxygen atoms in total. The van der Waals surface area contributed by atoms with Crippen LogP contribution in [0.15, 0.2) is 18.2 Å². The zero-order valence-corrected chi connectivity index (χ0v) is 12.6. The van der Waals surface area contributed by atoms with E-state index in [4.69, 9.17) is 9.84 Å². The largest absolute Gasteiger partial charge is 0.497 e. The van der Waals surface area contributed by atoms with Gasteiger partial charge in [-0.15, -0.1) is 0 Å². The molecule has 1 N–H and O–H groups in total. The maximum atomic E-state index is 8.77. The highest BCUT2D eigenvalue weighted by Crippen LogP contribution is 2.22. The Kier molecular flexibility index (Phi) is 8.20. The minimum absolute atomic E-state index is 0.115. The fourth-order valence-electron chi connectivity index (χ4n) is 1.58. The van der Waals surface area contributed by atoms with E-state index in [2.05, 4.69) is 24.8 Å². The predicted molar refractivity (Wildman–Crippen MR) is 82.6 cm³/mol. The maximum Gasteiger partial charge on any atom is 0.119 e. The number of ether oxygens (including phenoxy) is 1. The SMILES string of the molecule is CCCCSCc1cc(OC)ccc1C#CCCO. The van der Waals surface area contributed by atoms with Gasteiger partial charge in [-0.2, -0.15) is 11.8 Å². The van der Waals surface area contributed by atoms with E-state index in [1.807, 2.05) is 23.9 Å². The lowest BCUT2D eigenvalue weighted by molar-refractivity contribution is 0.305. The van der Waals surface area contributed by atoms with Crippen molar-refractivity contribution in [3.8, 4) is 17.6 Å². The molecule has 0 atom stereocenters. The number of thioether (sulfide) groups is 1. The van der Waals surface area contributed by atoms with E-state index in [1.54, 1.807) is 7.11 Å². The number of aliphatic hydroxyl groups excluding tert-OH is 1. The van der Waals surface area contributed by atoms with Crippen molar-refractivity contribution >= 4 is 11.8 Å². The van der Waals surface area contributed by atoms with Gasteiger partial charge in [0.05, 0.1) is 13.7 Å². The van der Waals surface area contributed by atoms with E-state index in [0.717, 1.165) is 17.1 Å². The van der Waals surface area contributed by atoms with Crippen molar-refractivity contribution < 1.29 is 9.84 Å². The van der Waals surface area contributed by atoms with Gasteiger partial charge in [0.1, 0.15) is 5.75 Å². The van der Waals surface area contributed by atoms with Gasteiger partial charge < -0.3 is 9.84 Å². The summed E-state index contributed by atoms with van der Waals surface area (Å²) >= 11 is 1.93. The summed E-state index contributed by atoms with van der Waals surface area (Å²) in [7, 11) is 1.68. The van der Waals surface area contributed by atoms with E-state index >= 15 is 0 Å². The van der Waals surface area contributed by atoms with Crippen molar-refractivity contribution in [2.24, 2.45) is 0 Å². The monoisotopic (exact) mass is 278 g/mol. The highest BCUT2D eigenvalue weighted by Gasteiger charge is 2.03. The van der Waals surface area contributed by atoms with Crippen LogP contribution in [-0.2, 0) is 5.75 Å². The molecule has 1 aromatic rings. The van der Waals surface area contributed by atoms with Crippen molar-refractivity contribution in [1.29, 1.82) is 0 Å². The number of unbranched alkanes of at least 4 members (excludes halogenated alkanes) is 1. The highest BCUT2D eigenvalue weighted by molar-refractivity contribution is 7.98. The zero-order valence-electron chi connectivity index (χ0n) is 11.7. The lowest BCUT2D eigenvalue weighted by Crippen LogP contribution is -1.92. The summed E-state index contributed by atoms with van der Waals surface area (Å²) in [6.07, 6.45) is 3.00. The summed E-state index contributed by atoms with van der Waals surface area (Å²) < 4.78 is 5.27. The molecule has 0 amide bonds. The normalized spacial score (nSPS) is 9.84. The van der Waals surface area contributed by atoms with Crippen LogP contribution in [0.3, 0.4) is 0 Å². The number of rotatable bonds is 7. The first-order chi connectivity index (χ1) is 9.31. The van der Waals surface area contributed by atoms with E-state index in [1.165, 1.54) is 24.2 Å². The van der Waals surface area contributed by atoms with Gasteiger partial charge in [-0.05, 0) is 35.9 Å². The first-order valence-corrected chi connectivity index (χ1v) is 7.81. The average Bonchev–Trinajstić information content (AvgIpc) is 2.45. The standard InChI is InChI=1S/C16H22O2S/c1-3-4-11-19-13-15-12-16(18-2)9-8-14(15)7-5-6-10-17/h8-9,12,17H,3-4,6,10-11,13H2,1-2H3. The van der Waals surface area contributed by atoms with Gasteiger partial charge in [0.15, 0.2) is 0 Å². The van der Waals surface area contributed by atoms with Crippen LogP contribution in [0.25, 0.3) is 0 Å². The van der Waals surface area contributed by atoms with Crippen molar-refractivity contribution in [3.63, 3.8) is 0 Å². The zero-order chi connectivity index (χ0) is 13.9. The van der Waals surface area contributed by atoms with Crippen LogP contribution in [0.1, 0.15) is 37.3 Å². The summed E-state index contributed by atoms with van der Waals surface area (Å²) in [5, 5.41) is 8.77. The minimum Gasteiger partial charge on any atom is -0.497 e. The quantitative estimate of drug-likeness (QED) is 0.612. The van der Waals surface area contributed by atoms with Gasteiger partial charge in [0.2, 0.25) is 0 Å². The molecule has 0 aliphatic heterocycles. The summed E-state index contributed by atoms with van der Waals surface area (Å²) in [6.45, 7) is 2.32. The molecule has 0 radical (unpaired) electrons. The van der Waals surface area contributed by atoms with Gasteiger partial charge >= 0.3 is 0 Å². The first-order valence-electron chi connectivity index (χ1n) is 6.66. The molecular formula is C16H22O2S. The lowest BCUT2D eigenvalue weighted by Gasteiger charge is -2.07. The van der Waals surface area contributed by atoms with Crippen molar-refractivity contribution in [3.05, 3.63) is 29.3 Å². The molecule has 0 saturated heterocycles. The summed E-state index contributed by atoms with van der Waals surface area (Å²) in [5.41, 5.74) is 2.25. The molecule has 0 aromatic heterocycles. The third-order valence-corrected chi connectivity index (χ3v) is 3.76. The Morgan fingerprint density at radius 3 is 2.89 bits per heavy atom. The van der Waals surface area contributed by atoms with Gasteiger partial charge in [-0.3, -0.25) is 0 Å². The molecule has 0 aliphatic carbocycles. The Balaban J connectivity index is 2.75. The molecular weight excluding hydrogens is 256 g/mol. The maximum absolute atomic E-state index is 8.77. The second-order valence-corrected chi connectivity index (χ2v) is 5.31. The predicted octanol–water partition coefficient (Wildman–Crippen LogP) is 3.46. The van der Waals surface area contributed by atoms with Crippen molar-refractivity contribution in [1.82, 2.24) is 0 Å². The number of methoxy groups -OCH3 is 1. The minimum atomic E-state index is 0.115. The molecule has 1 rings (SSSR count). The van der Waals surface area contributed by atoms with Gasteiger partial charge in [0.25, 0.3) is 0 Å². The van der Waals surface area contributed by atoms with Crippen LogP contribution in [-0.4, -0.2) is 24.6 Å². The van der Waals surface area contributed by atoms with Gasteiger partial charge in [0, 0.05) is 17.7 Å². The number of hydrogen-bond donors (Lipinski definition) is 1. The first kappa shape index (κ1) is 15.9. The Labute approximate surface area is 120 Å².